The quantitative estimate of drug-likeness (QED) is 0.629. The molecule has 2 aromatic heterocycles. The Hall–Kier alpha value is -3.03. The molecule has 20 heavy (non-hydrogen) atoms. The Balaban J connectivity index is 2.15. The van der Waals surface area contributed by atoms with Crippen LogP contribution in [-0.4, -0.2) is 26.0 Å². The highest BCUT2D eigenvalue weighted by molar-refractivity contribution is 5.87. The van der Waals surface area contributed by atoms with E-state index in [1.807, 2.05) is 0 Å². The predicted octanol–water partition coefficient (Wildman–Crippen LogP) is 1.70. The molecule has 0 amide bonds. The highest BCUT2D eigenvalue weighted by Crippen LogP contribution is 2.22. The molecule has 0 saturated carbocycles. The fourth-order valence-electron chi connectivity index (χ4n) is 1.57. The molecule has 8 nitrogen and oxygen atoms in total. The van der Waals surface area contributed by atoms with Crippen LogP contribution in [0.2, 0.25) is 0 Å². The molecule has 0 radical (unpaired) electrons. The summed E-state index contributed by atoms with van der Waals surface area (Å²) in [6.07, 6.45) is 3.95. The third-order valence-electron chi connectivity index (χ3n) is 2.52. The van der Waals surface area contributed by atoms with Crippen molar-refractivity contribution >= 4 is 17.3 Å². The number of anilines is 1. The Morgan fingerprint density at radius 2 is 2.20 bits per heavy atom. The van der Waals surface area contributed by atoms with Crippen LogP contribution < -0.4 is 5.32 Å². The van der Waals surface area contributed by atoms with Gasteiger partial charge in [0.2, 0.25) is 0 Å². The van der Waals surface area contributed by atoms with E-state index in [1.165, 1.54) is 30.6 Å². The number of aromatic nitrogens is 2. The first-order valence-electron chi connectivity index (χ1n) is 5.58. The normalized spacial score (nSPS) is 10.0. The lowest BCUT2D eigenvalue weighted by molar-refractivity contribution is -0.384. The highest BCUT2D eigenvalue weighted by atomic mass is 16.6. The maximum absolute atomic E-state index is 10.8. The minimum Gasteiger partial charge on any atom is -0.478 e. The molecule has 2 N–H and O–H groups in total. The van der Waals surface area contributed by atoms with Crippen LogP contribution in [0.25, 0.3) is 0 Å². The molecule has 0 unspecified atom stereocenters. The minimum atomic E-state index is -1.05. The molecule has 2 rings (SSSR count). The standard InChI is InChI=1S/C12H10N4O4/c17-12(18)8-1-4-14-9(5-8)6-15-10-2-3-13-7-11(10)16(19)20/h1-5,7H,6H2,(H,13,15)(H,17,18). The highest BCUT2D eigenvalue weighted by Gasteiger charge is 2.13. The molecule has 0 spiro atoms. The largest absolute Gasteiger partial charge is 0.478 e. The predicted molar refractivity (Wildman–Crippen MR) is 69.4 cm³/mol. The number of nitrogens with zero attached hydrogens (tertiary/aromatic N) is 3. The molecule has 2 aromatic rings. The summed E-state index contributed by atoms with van der Waals surface area (Å²) in [6.45, 7) is 0.173. The van der Waals surface area contributed by atoms with E-state index in [0.717, 1.165) is 6.20 Å². The summed E-state index contributed by atoms with van der Waals surface area (Å²) in [7, 11) is 0. The first-order chi connectivity index (χ1) is 9.58. The molecule has 0 bridgehead atoms. The van der Waals surface area contributed by atoms with Crippen LogP contribution in [0.5, 0.6) is 0 Å². The van der Waals surface area contributed by atoms with E-state index in [-0.39, 0.29) is 17.8 Å². The van der Waals surface area contributed by atoms with Gasteiger partial charge in [0, 0.05) is 12.4 Å². The van der Waals surface area contributed by atoms with Crippen molar-refractivity contribution < 1.29 is 14.8 Å². The second kappa shape index (κ2) is 5.74. The number of rotatable bonds is 5. The van der Waals surface area contributed by atoms with Crippen molar-refractivity contribution in [3.05, 3.63) is 58.2 Å². The van der Waals surface area contributed by atoms with Crippen LogP contribution in [0.4, 0.5) is 11.4 Å². The van der Waals surface area contributed by atoms with Crippen molar-refractivity contribution in [3.63, 3.8) is 0 Å². The van der Waals surface area contributed by atoms with Crippen LogP contribution in [0.15, 0.2) is 36.8 Å². The van der Waals surface area contributed by atoms with Crippen molar-refractivity contribution in [2.45, 2.75) is 6.54 Å². The molecule has 8 heteroatoms. The third kappa shape index (κ3) is 3.05. The topological polar surface area (TPSA) is 118 Å². The summed E-state index contributed by atoms with van der Waals surface area (Å²) < 4.78 is 0. The van der Waals surface area contributed by atoms with Gasteiger partial charge in [0.1, 0.15) is 11.9 Å². The lowest BCUT2D eigenvalue weighted by atomic mass is 10.2. The SMILES string of the molecule is O=C(O)c1ccnc(CNc2ccncc2[N+](=O)[O-])c1. The molecule has 0 aliphatic carbocycles. The Labute approximate surface area is 113 Å². The van der Waals surface area contributed by atoms with E-state index in [2.05, 4.69) is 15.3 Å². The second-order valence-corrected chi connectivity index (χ2v) is 3.84. The summed E-state index contributed by atoms with van der Waals surface area (Å²) in [4.78, 5) is 28.8. The minimum absolute atomic E-state index is 0.112. The van der Waals surface area contributed by atoms with Crippen molar-refractivity contribution in [3.8, 4) is 0 Å². The van der Waals surface area contributed by atoms with Gasteiger partial charge < -0.3 is 10.4 Å². The van der Waals surface area contributed by atoms with Gasteiger partial charge in [0.05, 0.1) is 22.7 Å². The van der Waals surface area contributed by atoms with Gasteiger partial charge in [0.15, 0.2) is 0 Å². The maximum Gasteiger partial charge on any atom is 0.335 e. The molecule has 2 heterocycles. The molecule has 0 fully saturated rings. The van der Waals surface area contributed by atoms with E-state index >= 15 is 0 Å². The Morgan fingerprint density at radius 3 is 2.90 bits per heavy atom. The Morgan fingerprint density at radius 1 is 1.40 bits per heavy atom. The van der Waals surface area contributed by atoms with Crippen LogP contribution in [0.1, 0.15) is 16.1 Å². The molecular formula is C12H10N4O4. The van der Waals surface area contributed by atoms with Gasteiger partial charge in [-0.3, -0.25) is 20.1 Å². The van der Waals surface area contributed by atoms with E-state index in [1.54, 1.807) is 0 Å². The first-order valence-corrected chi connectivity index (χ1v) is 5.58. The number of pyridine rings is 2. The fraction of sp³-hybridized carbons (Fsp3) is 0.0833. The van der Waals surface area contributed by atoms with E-state index in [4.69, 9.17) is 5.11 Å². The summed E-state index contributed by atoms with van der Waals surface area (Å²) >= 11 is 0. The van der Waals surface area contributed by atoms with Gasteiger partial charge in [0.25, 0.3) is 0 Å². The van der Waals surface area contributed by atoms with Crippen LogP contribution in [0, 0.1) is 10.1 Å². The Kier molecular flexibility index (Phi) is 3.85. The average molecular weight is 274 g/mol. The molecule has 0 atom stereocenters. The number of nitrogens with one attached hydrogen (secondary N) is 1. The first kappa shape index (κ1) is 13.4. The van der Waals surface area contributed by atoms with Crippen molar-refractivity contribution in [2.75, 3.05) is 5.32 Å². The van der Waals surface area contributed by atoms with Crippen molar-refractivity contribution in [2.24, 2.45) is 0 Å². The summed E-state index contributed by atoms with van der Waals surface area (Å²) in [5.41, 5.74) is 0.728. The number of nitro groups is 1. The smallest absolute Gasteiger partial charge is 0.335 e. The summed E-state index contributed by atoms with van der Waals surface area (Å²) in [5.74, 6) is -1.05. The van der Waals surface area contributed by atoms with Crippen molar-refractivity contribution in [1.82, 2.24) is 9.97 Å². The Bertz CT molecular complexity index is 659. The number of carbonyl (C=O) groups is 1. The molecule has 0 aromatic carbocycles. The van der Waals surface area contributed by atoms with Gasteiger partial charge in [-0.05, 0) is 18.2 Å². The van der Waals surface area contributed by atoms with Gasteiger partial charge in [-0.2, -0.15) is 0 Å². The summed E-state index contributed by atoms with van der Waals surface area (Å²) in [6, 6.07) is 4.25. The zero-order valence-corrected chi connectivity index (χ0v) is 10.2. The number of hydrogen-bond acceptors (Lipinski definition) is 6. The molecular weight excluding hydrogens is 264 g/mol. The average Bonchev–Trinajstić information content (AvgIpc) is 2.45. The zero-order valence-electron chi connectivity index (χ0n) is 10.2. The van der Waals surface area contributed by atoms with Gasteiger partial charge >= 0.3 is 11.7 Å². The maximum atomic E-state index is 10.8. The van der Waals surface area contributed by atoms with E-state index in [9.17, 15) is 14.9 Å². The van der Waals surface area contributed by atoms with Gasteiger partial charge in [-0.1, -0.05) is 0 Å². The van der Waals surface area contributed by atoms with E-state index in [0.29, 0.717) is 11.4 Å². The number of carboxylic acid groups (broad SMARTS) is 1. The monoisotopic (exact) mass is 274 g/mol. The number of hydrogen-bond donors (Lipinski definition) is 2. The second-order valence-electron chi connectivity index (χ2n) is 3.84. The number of carboxylic acids is 1. The fourth-order valence-corrected chi connectivity index (χ4v) is 1.57. The number of aromatic carboxylic acids is 1. The lowest BCUT2D eigenvalue weighted by Crippen LogP contribution is -2.06. The zero-order chi connectivity index (χ0) is 14.5. The van der Waals surface area contributed by atoms with Crippen molar-refractivity contribution in [1.29, 1.82) is 0 Å². The van der Waals surface area contributed by atoms with Crippen LogP contribution >= 0.6 is 0 Å². The molecule has 0 aliphatic heterocycles. The van der Waals surface area contributed by atoms with E-state index < -0.39 is 10.9 Å². The van der Waals surface area contributed by atoms with Crippen LogP contribution in [0.3, 0.4) is 0 Å². The van der Waals surface area contributed by atoms with Gasteiger partial charge in [-0.25, -0.2) is 4.79 Å². The summed E-state index contributed by atoms with van der Waals surface area (Å²) in [5, 5.41) is 22.5. The molecule has 0 aliphatic rings. The molecule has 102 valence electrons. The lowest BCUT2D eigenvalue weighted by Gasteiger charge is -2.06. The van der Waals surface area contributed by atoms with Gasteiger partial charge in [-0.15, -0.1) is 0 Å². The van der Waals surface area contributed by atoms with Crippen LogP contribution in [-0.2, 0) is 6.54 Å². The third-order valence-corrected chi connectivity index (χ3v) is 2.52. The molecule has 0 saturated heterocycles.